The van der Waals surface area contributed by atoms with E-state index in [0.29, 0.717) is 0 Å². The second-order valence-electron chi connectivity index (χ2n) is 7.47. The molecule has 0 bridgehead atoms. The Morgan fingerprint density at radius 2 is 1.97 bits per heavy atom. The predicted molar refractivity (Wildman–Crippen MR) is 107 cm³/mol. The molecule has 3 N–H and O–H groups in total. The number of anilines is 2. The summed E-state index contributed by atoms with van der Waals surface area (Å²) >= 11 is 0. The highest BCUT2D eigenvalue weighted by atomic mass is 32.2. The molecular formula is C19H19F5N4O4S. The number of rotatable bonds is 5. The molecule has 33 heavy (non-hydrogen) atoms. The molecule has 1 aromatic heterocycles. The Morgan fingerprint density at radius 3 is 2.55 bits per heavy atom. The molecule has 0 saturated carbocycles. The molecule has 2 heterocycles. The number of methoxy groups -OCH3 is 1. The summed E-state index contributed by atoms with van der Waals surface area (Å²) in [6.07, 6.45) is -4.71. The lowest BCUT2D eigenvalue weighted by Crippen LogP contribution is -2.49. The second-order valence-corrected chi connectivity index (χ2v) is 8.97. The van der Waals surface area contributed by atoms with Gasteiger partial charge in [-0.1, -0.05) is 0 Å². The fourth-order valence-corrected chi connectivity index (χ4v) is 4.15. The van der Waals surface area contributed by atoms with E-state index in [4.69, 9.17) is 9.88 Å². The minimum absolute atomic E-state index is 0.0945. The van der Waals surface area contributed by atoms with Crippen molar-refractivity contribution in [3.8, 4) is 0 Å². The third kappa shape index (κ3) is 4.63. The number of amides is 1. The minimum atomic E-state index is -4.89. The lowest BCUT2D eigenvalue weighted by atomic mass is 9.99. The van der Waals surface area contributed by atoms with Crippen LogP contribution in [0.1, 0.15) is 12.0 Å². The number of halogens is 5. The number of carbonyl (C=O) groups excluding carboxylic acids is 1. The molecule has 1 saturated heterocycles. The summed E-state index contributed by atoms with van der Waals surface area (Å²) in [5, 5.41) is 6.76. The van der Waals surface area contributed by atoms with Crippen LogP contribution in [0.4, 0.5) is 33.3 Å². The lowest BCUT2D eigenvalue weighted by Gasteiger charge is -2.31. The van der Waals surface area contributed by atoms with Crippen molar-refractivity contribution in [2.75, 3.05) is 23.9 Å². The van der Waals surface area contributed by atoms with Gasteiger partial charge in [-0.3, -0.25) is 4.79 Å². The van der Waals surface area contributed by atoms with Crippen molar-refractivity contribution in [2.24, 2.45) is 5.14 Å². The predicted octanol–water partition coefficient (Wildman–Crippen LogP) is 2.48. The summed E-state index contributed by atoms with van der Waals surface area (Å²) in [4.78, 5) is 17.5. The van der Waals surface area contributed by atoms with Crippen LogP contribution in [-0.2, 0) is 19.6 Å². The first kappa shape index (κ1) is 24.8. The van der Waals surface area contributed by atoms with Gasteiger partial charge in [0, 0.05) is 42.7 Å². The second kappa shape index (κ2) is 8.50. The van der Waals surface area contributed by atoms with Crippen molar-refractivity contribution in [1.29, 1.82) is 0 Å². The number of carbonyl (C=O) groups is 1. The van der Waals surface area contributed by atoms with Crippen molar-refractivity contribution < 1.29 is 39.9 Å². The Hall–Kier alpha value is -2.84. The summed E-state index contributed by atoms with van der Waals surface area (Å²) < 4.78 is 97.2. The van der Waals surface area contributed by atoms with E-state index in [1.807, 2.05) is 0 Å². The van der Waals surface area contributed by atoms with Crippen LogP contribution in [0.15, 0.2) is 35.5 Å². The Morgan fingerprint density at radius 1 is 1.30 bits per heavy atom. The van der Waals surface area contributed by atoms with Crippen LogP contribution in [-0.4, -0.2) is 50.8 Å². The van der Waals surface area contributed by atoms with Gasteiger partial charge in [0.25, 0.3) is 10.0 Å². The Labute approximate surface area is 185 Å². The van der Waals surface area contributed by atoms with E-state index in [-0.39, 0.29) is 16.9 Å². The number of hydrogen-bond donors (Lipinski definition) is 2. The summed E-state index contributed by atoms with van der Waals surface area (Å²) in [6.45, 7) is 0.306. The van der Waals surface area contributed by atoms with E-state index in [1.54, 1.807) is 0 Å². The van der Waals surface area contributed by atoms with Gasteiger partial charge in [0.15, 0.2) is 22.3 Å². The first-order valence-electron chi connectivity index (χ1n) is 9.33. The van der Waals surface area contributed by atoms with Crippen LogP contribution in [0.25, 0.3) is 0 Å². The quantitative estimate of drug-likeness (QED) is 0.618. The summed E-state index contributed by atoms with van der Waals surface area (Å²) in [5.74, 6) is -3.42. The van der Waals surface area contributed by atoms with Crippen LogP contribution in [0.3, 0.4) is 0 Å². The maximum atomic E-state index is 14.2. The SMILES string of the molecule is CO[C@]1(C(F)(F)F)C[C@@H](C(=O)Nc2ccnc(S(N)(=O)=O)c2)N(c2ccc(F)c(F)c2C)C1. The number of nitrogens with zero attached hydrogens (tertiary/aromatic N) is 2. The average Bonchev–Trinajstić information content (AvgIpc) is 3.13. The van der Waals surface area contributed by atoms with Gasteiger partial charge < -0.3 is 15.0 Å². The molecule has 2 aromatic rings. The summed E-state index contributed by atoms with van der Waals surface area (Å²) in [5.41, 5.74) is -3.28. The minimum Gasteiger partial charge on any atom is -0.367 e. The smallest absolute Gasteiger partial charge is 0.367 e. The molecular weight excluding hydrogens is 475 g/mol. The summed E-state index contributed by atoms with van der Waals surface area (Å²) in [6, 6.07) is 2.43. The number of pyridine rings is 1. The van der Waals surface area contributed by atoms with E-state index in [0.717, 1.165) is 36.4 Å². The normalized spacial score (nSPS) is 21.3. The number of primary sulfonamides is 1. The largest absolute Gasteiger partial charge is 0.419 e. The Balaban J connectivity index is 2.03. The molecule has 0 radical (unpaired) electrons. The lowest BCUT2D eigenvalue weighted by molar-refractivity contribution is -0.261. The molecule has 1 aliphatic heterocycles. The fraction of sp³-hybridized carbons (Fsp3) is 0.368. The molecule has 3 rings (SSSR count). The molecule has 1 amide bonds. The average molecular weight is 494 g/mol. The van der Waals surface area contributed by atoms with Crippen molar-refractivity contribution in [1.82, 2.24) is 4.98 Å². The Bertz CT molecular complexity index is 1190. The molecule has 0 aliphatic carbocycles. The zero-order valence-corrected chi connectivity index (χ0v) is 18.1. The van der Waals surface area contributed by atoms with Crippen LogP contribution in [0.2, 0.25) is 0 Å². The van der Waals surface area contributed by atoms with E-state index < -0.39 is 63.4 Å². The highest BCUT2D eigenvalue weighted by molar-refractivity contribution is 7.89. The third-order valence-electron chi connectivity index (χ3n) is 5.45. The molecule has 0 unspecified atom stereocenters. The molecule has 8 nitrogen and oxygen atoms in total. The third-order valence-corrected chi connectivity index (χ3v) is 6.26. The maximum Gasteiger partial charge on any atom is 0.419 e. The van der Waals surface area contributed by atoms with Crippen LogP contribution >= 0.6 is 0 Å². The highest BCUT2D eigenvalue weighted by Crippen LogP contribution is 2.45. The van der Waals surface area contributed by atoms with Crippen molar-refractivity contribution in [3.05, 3.63) is 47.7 Å². The van der Waals surface area contributed by atoms with Gasteiger partial charge in [-0.2, -0.15) is 13.2 Å². The van der Waals surface area contributed by atoms with Gasteiger partial charge in [0.2, 0.25) is 5.91 Å². The van der Waals surface area contributed by atoms with E-state index in [2.05, 4.69) is 10.3 Å². The standard InChI is InChI=1S/C19H19F5N4O4S/c1-10-13(4-3-12(20)16(10)21)28-9-18(32-2,19(22,23)24)8-14(28)17(29)27-11-5-6-26-15(7-11)33(25,30)31/h3-7,14H,8-9H2,1-2H3,(H2,25,30,31)(H,26,27,29)/t14-,18+/m0/s1. The number of sulfonamides is 1. The van der Waals surface area contributed by atoms with Crippen molar-refractivity contribution >= 4 is 27.3 Å². The molecule has 1 fully saturated rings. The number of ether oxygens (including phenoxy) is 1. The van der Waals surface area contributed by atoms with E-state index >= 15 is 0 Å². The maximum absolute atomic E-state index is 14.2. The number of aromatic nitrogens is 1. The zero-order valence-electron chi connectivity index (χ0n) is 17.3. The van der Waals surface area contributed by atoms with E-state index in [9.17, 15) is 35.2 Å². The topological polar surface area (TPSA) is 115 Å². The van der Waals surface area contributed by atoms with Gasteiger partial charge >= 0.3 is 6.18 Å². The van der Waals surface area contributed by atoms with Gasteiger partial charge in [-0.05, 0) is 25.1 Å². The fourth-order valence-electron chi connectivity index (χ4n) is 3.65. The molecule has 180 valence electrons. The van der Waals surface area contributed by atoms with Crippen molar-refractivity contribution in [3.63, 3.8) is 0 Å². The van der Waals surface area contributed by atoms with E-state index in [1.165, 1.54) is 13.0 Å². The van der Waals surface area contributed by atoms with Crippen molar-refractivity contribution in [2.45, 2.75) is 36.2 Å². The molecule has 0 spiro atoms. The van der Waals surface area contributed by atoms with Gasteiger partial charge in [0.1, 0.15) is 6.04 Å². The summed E-state index contributed by atoms with van der Waals surface area (Å²) in [7, 11) is -3.37. The number of benzene rings is 1. The van der Waals surface area contributed by atoms with Gasteiger partial charge in [-0.15, -0.1) is 0 Å². The number of alkyl halides is 3. The van der Waals surface area contributed by atoms with Crippen LogP contribution in [0, 0.1) is 18.6 Å². The Kier molecular flexibility index (Phi) is 6.39. The van der Waals surface area contributed by atoms with Crippen LogP contribution in [0.5, 0.6) is 0 Å². The molecule has 2 atom stereocenters. The number of nitrogens with one attached hydrogen (secondary N) is 1. The zero-order chi connectivity index (χ0) is 24.8. The number of hydrogen-bond acceptors (Lipinski definition) is 6. The highest BCUT2D eigenvalue weighted by Gasteiger charge is 2.63. The van der Waals surface area contributed by atoms with Gasteiger partial charge in [0.05, 0.1) is 6.54 Å². The van der Waals surface area contributed by atoms with Crippen LogP contribution < -0.4 is 15.4 Å². The first-order valence-corrected chi connectivity index (χ1v) is 10.9. The molecule has 14 heteroatoms. The molecule has 1 aliphatic rings. The monoisotopic (exact) mass is 494 g/mol. The van der Waals surface area contributed by atoms with Gasteiger partial charge in [-0.25, -0.2) is 27.3 Å². The molecule has 1 aromatic carbocycles. The first-order chi connectivity index (χ1) is 15.2. The number of nitrogens with two attached hydrogens (primary N) is 1.